The van der Waals surface area contributed by atoms with Crippen molar-refractivity contribution in [3.63, 3.8) is 0 Å². The van der Waals surface area contributed by atoms with Crippen molar-refractivity contribution in [1.82, 2.24) is 5.32 Å². The Labute approximate surface area is 227 Å². The number of rotatable bonds is 6. The summed E-state index contributed by atoms with van der Waals surface area (Å²) in [5.74, 6) is 0. The molecule has 0 atom stereocenters. The Morgan fingerprint density at radius 3 is 2.00 bits per heavy atom. The molecule has 4 aromatic rings. The second-order valence-electron chi connectivity index (χ2n) is 9.12. The highest BCUT2D eigenvalue weighted by Crippen LogP contribution is 2.35. The summed E-state index contributed by atoms with van der Waals surface area (Å²) >= 11 is 3.65. The molecule has 0 radical (unpaired) electrons. The summed E-state index contributed by atoms with van der Waals surface area (Å²) in [4.78, 5) is 0. The summed E-state index contributed by atoms with van der Waals surface area (Å²) < 4.78 is 1.07. The zero-order valence-electron chi connectivity index (χ0n) is 20.8. The second kappa shape index (κ2) is 11.3. The molecule has 2 nitrogen and oxygen atoms in total. The lowest BCUT2D eigenvalue weighted by atomic mass is 9.91. The van der Waals surface area contributed by atoms with Crippen LogP contribution in [0.5, 0.6) is 0 Å². The van der Waals surface area contributed by atoms with E-state index in [1.54, 1.807) is 6.20 Å². The molecule has 37 heavy (non-hydrogen) atoms. The predicted octanol–water partition coefficient (Wildman–Crippen LogP) is 8.83. The molecule has 0 saturated heterocycles. The van der Waals surface area contributed by atoms with Gasteiger partial charge in [0.2, 0.25) is 0 Å². The number of hydrogen-bond donors (Lipinski definition) is 2. The summed E-state index contributed by atoms with van der Waals surface area (Å²) in [6.45, 7) is 2.98. The molecule has 0 fully saturated rings. The minimum atomic E-state index is 0.872. The van der Waals surface area contributed by atoms with Crippen molar-refractivity contribution < 1.29 is 0 Å². The Morgan fingerprint density at radius 2 is 1.35 bits per heavy atom. The second-order valence-corrected chi connectivity index (χ2v) is 10.0. The molecular weight excluding hydrogens is 516 g/mol. The normalized spacial score (nSPS) is 13.5. The topological polar surface area (TPSA) is 38.0 Å². The van der Waals surface area contributed by atoms with Crippen LogP contribution in [0, 0.1) is 0 Å². The van der Waals surface area contributed by atoms with Gasteiger partial charge in [0.1, 0.15) is 0 Å². The molecule has 182 valence electrons. The lowest BCUT2D eigenvalue weighted by molar-refractivity contribution is 0.976. The number of nitrogens with one attached hydrogen (secondary N) is 1. The van der Waals surface area contributed by atoms with Crippen LogP contribution in [0.4, 0.5) is 0 Å². The van der Waals surface area contributed by atoms with Crippen molar-refractivity contribution in [3.05, 3.63) is 143 Å². The van der Waals surface area contributed by atoms with Crippen LogP contribution in [-0.2, 0) is 0 Å². The van der Waals surface area contributed by atoms with Crippen molar-refractivity contribution >= 4 is 27.1 Å². The third-order valence-electron chi connectivity index (χ3n) is 6.52. The molecule has 3 heteroatoms. The fourth-order valence-corrected chi connectivity index (χ4v) is 4.96. The van der Waals surface area contributed by atoms with E-state index in [1.165, 1.54) is 55.7 Å². The molecular formula is C34H29BrN2. The van der Waals surface area contributed by atoms with E-state index in [4.69, 9.17) is 5.73 Å². The summed E-state index contributed by atoms with van der Waals surface area (Å²) in [6.07, 6.45) is 11.9. The molecule has 0 spiro atoms. The van der Waals surface area contributed by atoms with Gasteiger partial charge in [-0.15, -0.1) is 0 Å². The summed E-state index contributed by atoms with van der Waals surface area (Å²) in [7, 11) is 0. The molecule has 3 N–H and O–H groups in total. The standard InChI is InChI=1S/C34H29BrN2/c1-24(7-5-15-36)25-8-2-10-27(17-25)31-19-32(21-33(20-31)29-12-4-14-34(35)22-29)28-11-3-9-26(18-28)30-13-6-16-37-23-30/h2-15,17-23,37H,16,36H2,1H3/b15-5-,24-7+. The number of dihydropyridines is 1. The Kier molecular flexibility index (Phi) is 7.53. The largest absolute Gasteiger partial charge is 0.405 e. The monoisotopic (exact) mass is 544 g/mol. The van der Waals surface area contributed by atoms with Crippen LogP contribution in [0.15, 0.2) is 132 Å². The van der Waals surface area contributed by atoms with Crippen LogP contribution >= 0.6 is 15.9 Å². The molecule has 0 unspecified atom stereocenters. The first-order valence-electron chi connectivity index (χ1n) is 12.4. The van der Waals surface area contributed by atoms with Gasteiger partial charge in [-0.2, -0.15) is 0 Å². The van der Waals surface area contributed by atoms with Crippen molar-refractivity contribution in [2.24, 2.45) is 5.73 Å². The number of benzene rings is 4. The maximum absolute atomic E-state index is 5.55. The van der Waals surface area contributed by atoms with E-state index < -0.39 is 0 Å². The van der Waals surface area contributed by atoms with Crippen LogP contribution in [0.3, 0.4) is 0 Å². The van der Waals surface area contributed by atoms with Gasteiger partial charge in [0.25, 0.3) is 0 Å². The minimum Gasteiger partial charge on any atom is -0.405 e. The lowest BCUT2D eigenvalue weighted by Crippen LogP contribution is -2.08. The third kappa shape index (κ3) is 5.84. The van der Waals surface area contributed by atoms with E-state index in [1.807, 2.05) is 12.2 Å². The average molecular weight is 546 g/mol. The first-order valence-corrected chi connectivity index (χ1v) is 13.2. The van der Waals surface area contributed by atoms with Crippen molar-refractivity contribution in [2.45, 2.75) is 6.92 Å². The first kappa shape index (κ1) is 24.6. The summed E-state index contributed by atoms with van der Waals surface area (Å²) in [5, 5.41) is 3.32. The van der Waals surface area contributed by atoms with E-state index >= 15 is 0 Å². The van der Waals surface area contributed by atoms with Gasteiger partial charge in [-0.05, 0) is 117 Å². The van der Waals surface area contributed by atoms with Gasteiger partial charge in [0.05, 0.1) is 0 Å². The lowest BCUT2D eigenvalue weighted by Gasteiger charge is -2.14. The third-order valence-corrected chi connectivity index (χ3v) is 7.01. The predicted molar refractivity (Wildman–Crippen MR) is 163 cm³/mol. The highest BCUT2D eigenvalue weighted by Gasteiger charge is 2.10. The molecule has 1 heterocycles. The van der Waals surface area contributed by atoms with Crippen LogP contribution in [0.1, 0.15) is 18.1 Å². The van der Waals surface area contributed by atoms with Crippen molar-refractivity contribution in [1.29, 1.82) is 0 Å². The van der Waals surface area contributed by atoms with Gasteiger partial charge in [-0.1, -0.05) is 82.7 Å². The number of halogens is 1. The summed E-state index contributed by atoms with van der Waals surface area (Å²) in [6, 6.07) is 32.8. The van der Waals surface area contributed by atoms with Gasteiger partial charge in [0.15, 0.2) is 0 Å². The Balaban J connectivity index is 1.64. The molecule has 1 aliphatic heterocycles. The van der Waals surface area contributed by atoms with Gasteiger partial charge < -0.3 is 11.1 Å². The summed E-state index contributed by atoms with van der Waals surface area (Å²) in [5.41, 5.74) is 17.4. The van der Waals surface area contributed by atoms with E-state index in [0.29, 0.717) is 0 Å². The molecule has 0 aromatic heterocycles. The van der Waals surface area contributed by atoms with Crippen LogP contribution < -0.4 is 11.1 Å². The van der Waals surface area contributed by atoms with E-state index in [-0.39, 0.29) is 0 Å². The van der Waals surface area contributed by atoms with Gasteiger partial charge >= 0.3 is 0 Å². The Bertz CT molecular complexity index is 1560. The SMILES string of the molecule is C/C(=C\C=C/N)c1cccc(-c2cc(-c3cccc(Br)c3)cc(-c3cccc(C4=CNCC=C4)c3)c2)c1. The van der Waals surface area contributed by atoms with Crippen molar-refractivity contribution in [3.8, 4) is 33.4 Å². The van der Waals surface area contributed by atoms with Gasteiger partial charge in [-0.3, -0.25) is 0 Å². The molecule has 0 amide bonds. The van der Waals surface area contributed by atoms with E-state index in [2.05, 4.69) is 138 Å². The Hall–Kier alpha value is -4.08. The maximum Gasteiger partial charge on any atom is 0.0328 e. The van der Waals surface area contributed by atoms with Crippen LogP contribution in [0.2, 0.25) is 0 Å². The smallest absolute Gasteiger partial charge is 0.0328 e. The molecule has 4 aromatic carbocycles. The number of allylic oxidation sites excluding steroid dienone is 5. The number of hydrogen-bond acceptors (Lipinski definition) is 2. The quantitative estimate of drug-likeness (QED) is 0.238. The number of nitrogens with two attached hydrogens (primary N) is 1. The van der Waals surface area contributed by atoms with Gasteiger partial charge in [-0.25, -0.2) is 0 Å². The Morgan fingerprint density at radius 1 is 0.757 bits per heavy atom. The molecule has 0 aliphatic carbocycles. The minimum absolute atomic E-state index is 0.872. The molecule has 0 bridgehead atoms. The average Bonchev–Trinajstić information content (AvgIpc) is 2.96. The van der Waals surface area contributed by atoms with Crippen LogP contribution in [0.25, 0.3) is 44.5 Å². The van der Waals surface area contributed by atoms with Crippen LogP contribution in [-0.4, -0.2) is 6.54 Å². The van der Waals surface area contributed by atoms with Gasteiger partial charge in [0, 0.05) is 17.2 Å². The van der Waals surface area contributed by atoms with E-state index in [9.17, 15) is 0 Å². The zero-order valence-corrected chi connectivity index (χ0v) is 22.4. The van der Waals surface area contributed by atoms with E-state index in [0.717, 1.165) is 11.0 Å². The molecule has 0 saturated carbocycles. The van der Waals surface area contributed by atoms with Crippen molar-refractivity contribution in [2.75, 3.05) is 6.54 Å². The molecule has 5 rings (SSSR count). The fourth-order valence-electron chi connectivity index (χ4n) is 4.56. The maximum atomic E-state index is 5.55. The zero-order chi connectivity index (χ0) is 25.6. The highest BCUT2D eigenvalue weighted by atomic mass is 79.9. The molecule has 1 aliphatic rings. The fraction of sp³-hybridized carbons (Fsp3) is 0.0588. The first-order chi connectivity index (χ1) is 18.1. The highest BCUT2D eigenvalue weighted by molar-refractivity contribution is 9.10.